The van der Waals surface area contributed by atoms with Crippen molar-refractivity contribution in [3.8, 4) is 22.5 Å². The van der Waals surface area contributed by atoms with Gasteiger partial charge in [0.2, 0.25) is 5.91 Å². The lowest BCUT2D eigenvalue weighted by Crippen LogP contribution is -2.30. The van der Waals surface area contributed by atoms with Crippen molar-refractivity contribution < 1.29 is 9.21 Å². The van der Waals surface area contributed by atoms with E-state index in [1.807, 2.05) is 12.1 Å². The summed E-state index contributed by atoms with van der Waals surface area (Å²) < 4.78 is 7.89. The topological polar surface area (TPSA) is 51.3 Å². The summed E-state index contributed by atoms with van der Waals surface area (Å²) in [6, 6.07) is 23.4. The zero-order valence-corrected chi connectivity index (χ0v) is 20.5. The first-order valence-electron chi connectivity index (χ1n) is 13.0. The lowest BCUT2D eigenvalue weighted by molar-refractivity contribution is -0.131. The largest absolute Gasteiger partial charge is 0.464 e. The molecule has 3 heterocycles. The van der Waals surface area contributed by atoms with Crippen LogP contribution in [0.15, 0.2) is 77.4 Å². The van der Waals surface area contributed by atoms with E-state index in [0.717, 1.165) is 66.8 Å². The minimum Gasteiger partial charge on any atom is -0.464 e. The number of furan rings is 1. The van der Waals surface area contributed by atoms with Gasteiger partial charge in [0.25, 0.3) is 0 Å². The minimum absolute atomic E-state index is 0.295. The highest BCUT2D eigenvalue weighted by atomic mass is 16.3. The number of benzene rings is 3. The standard InChI is InChI=1S/C31H29N3O2/c1-20-3-2-4-27-29(20)34(19-21-13-15-33(18-21)31(35)24-9-10-24)30(32-27)23-7-5-22(6-8-23)25-11-12-28-26(17-25)14-16-36-28/h2-8,11-12,14,16-17,21,24H,9-10,13,15,18-19H2,1H3/t21-/m0/s1. The van der Waals surface area contributed by atoms with Gasteiger partial charge in [-0.05, 0) is 73.1 Å². The van der Waals surface area contributed by atoms with Gasteiger partial charge in [-0.2, -0.15) is 0 Å². The van der Waals surface area contributed by atoms with Crippen LogP contribution in [-0.4, -0.2) is 33.4 Å². The summed E-state index contributed by atoms with van der Waals surface area (Å²) in [7, 11) is 0. The van der Waals surface area contributed by atoms with E-state index in [-0.39, 0.29) is 0 Å². The van der Waals surface area contributed by atoms with Gasteiger partial charge in [0.15, 0.2) is 0 Å². The number of aromatic nitrogens is 2. The van der Waals surface area contributed by atoms with E-state index in [1.54, 1.807) is 6.26 Å². The molecule has 5 nitrogen and oxygen atoms in total. The van der Waals surface area contributed by atoms with E-state index in [4.69, 9.17) is 9.40 Å². The zero-order chi connectivity index (χ0) is 24.2. The van der Waals surface area contributed by atoms with Crippen LogP contribution >= 0.6 is 0 Å². The third-order valence-corrected chi connectivity index (χ3v) is 7.86. The van der Waals surface area contributed by atoms with E-state index >= 15 is 0 Å². The minimum atomic E-state index is 0.295. The van der Waals surface area contributed by atoms with Crippen molar-refractivity contribution in [2.24, 2.45) is 11.8 Å². The molecule has 0 N–H and O–H groups in total. The van der Waals surface area contributed by atoms with Gasteiger partial charge in [0, 0.05) is 36.5 Å². The maximum Gasteiger partial charge on any atom is 0.225 e. The van der Waals surface area contributed by atoms with Crippen molar-refractivity contribution in [3.05, 3.63) is 78.6 Å². The van der Waals surface area contributed by atoms with E-state index in [2.05, 4.69) is 71.0 Å². The Bertz CT molecular complexity index is 1590. The molecule has 0 spiro atoms. The number of hydrogen-bond acceptors (Lipinski definition) is 3. The Morgan fingerprint density at radius 1 is 0.972 bits per heavy atom. The Kier molecular flexibility index (Phi) is 4.98. The lowest BCUT2D eigenvalue weighted by Gasteiger charge is -2.18. The van der Waals surface area contributed by atoms with Crippen LogP contribution in [0.1, 0.15) is 24.8 Å². The molecule has 5 aromatic rings. The molecule has 2 fully saturated rings. The molecule has 5 heteroatoms. The molecule has 1 saturated carbocycles. The molecule has 1 aliphatic carbocycles. The number of amides is 1. The van der Waals surface area contributed by atoms with Crippen molar-refractivity contribution in [1.29, 1.82) is 0 Å². The first-order chi connectivity index (χ1) is 17.6. The van der Waals surface area contributed by atoms with Crippen LogP contribution in [0.2, 0.25) is 0 Å². The number of para-hydroxylation sites is 1. The highest BCUT2D eigenvalue weighted by molar-refractivity contribution is 5.86. The lowest BCUT2D eigenvalue weighted by atomic mass is 10.0. The number of rotatable bonds is 5. The monoisotopic (exact) mass is 475 g/mol. The summed E-state index contributed by atoms with van der Waals surface area (Å²) in [5.74, 6) is 2.12. The average Bonchev–Trinajstić information content (AvgIpc) is 3.29. The summed E-state index contributed by atoms with van der Waals surface area (Å²) in [4.78, 5) is 19.8. The van der Waals surface area contributed by atoms with Crippen molar-refractivity contribution in [2.45, 2.75) is 32.7 Å². The smallest absolute Gasteiger partial charge is 0.225 e. The van der Waals surface area contributed by atoms with Crippen LogP contribution in [0, 0.1) is 18.8 Å². The van der Waals surface area contributed by atoms with Gasteiger partial charge in [-0.1, -0.05) is 42.5 Å². The molecule has 7 rings (SSSR count). The van der Waals surface area contributed by atoms with Crippen LogP contribution in [0.4, 0.5) is 0 Å². The van der Waals surface area contributed by atoms with Gasteiger partial charge < -0.3 is 13.9 Å². The highest BCUT2D eigenvalue weighted by Crippen LogP contribution is 2.35. The van der Waals surface area contributed by atoms with Gasteiger partial charge in [0.05, 0.1) is 17.3 Å². The molecular formula is C31H29N3O2. The SMILES string of the molecule is Cc1cccc2nc(-c3ccc(-c4ccc5occc5c4)cc3)n(C[C@H]3CCN(C(=O)C4CC4)C3)c12. The van der Waals surface area contributed by atoms with Crippen LogP contribution in [-0.2, 0) is 11.3 Å². The fraction of sp³-hybridized carbons (Fsp3) is 0.290. The first kappa shape index (κ1) is 21.4. The fourth-order valence-electron chi connectivity index (χ4n) is 5.75. The van der Waals surface area contributed by atoms with Crippen molar-refractivity contribution in [1.82, 2.24) is 14.5 Å². The molecule has 1 aliphatic heterocycles. The second-order valence-corrected chi connectivity index (χ2v) is 10.5. The molecule has 2 aromatic heterocycles. The molecule has 0 radical (unpaired) electrons. The number of carbonyl (C=O) groups excluding carboxylic acids is 1. The first-order valence-corrected chi connectivity index (χ1v) is 13.0. The van der Waals surface area contributed by atoms with Crippen LogP contribution in [0.5, 0.6) is 0 Å². The van der Waals surface area contributed by atoms with Gasteiger partial charge in [-0.25, -0.2) is 4.98 Å². The average molecular weight is 476 g/mol. The number of nitrogens with zero attached hydrogens (tertiary/aromatic N) is 3. The van der Waals surface area contributed by atoms with Crippen LogP contribution in [0.3, 0.4) is 0 Å². The summed E-state index contributed by atoms with van der Waals surface area (Å²) in [5.41, 5.74) is 7.83. The Labute approximate surface area is 210 Å². The highest BCUT2D eigenvalue weighted by Gasteiger charge is 2.36. The van der Waals surface area contributed by atoms with Gasteiger partial charge >= 0.3 is 0 Å². The maximum absolute atomic E-state index is 12.6. The van der Waals surface area contributed by atoms with E-state index in [1.165, 1.54) is 22.2 Å². The molecule has 36 heavy (non-hydrogen) atoms. The quantitative estimate of drug-likeness (QED) is 0.285. The Hall–Kier alpha value is -3.86. The Balaban J connectivity index is 1.22. The summed E-state index contributed by atoms with van der Waals surface area (Å²) in [6.07, 6.45) is 4.93. The van der Waals surface area contributed by atoms with Crippen molar-refractivity contribution >= 4 is 27.9 Å². The molecular weight excluding hydrogens is 446 g/mol. The van der Waals surface area contributed by atoms with E-state index in [0.29, 0.717) is 17.7 Å². The molecule has 180 valence electrons. The molecule has 2 aliphatic rings. The summed E-state index contributed by atoms with van der Waals surface area (Å²) >= 11 is 0. The third kappa shape index (κ3) is 3.70. The second kappa shape index (κ2) is 8.37. The predicted molar refractivity (Wildman–Crippen MR) is 143 cm³/mol. The molecule has 0 unspecified atom stereocenters. The second-order valence-electron chi connectivity index (χ2n) is 10.5. The summed E-state index contributed by atoms with van der Waals surface area (Å²) in [6.45, 7) is 4.79. The normalized spacial score (nSPS) is 17.9. The van der Waals surface area contributed by atoms with Gasteiger partial charge in [-0.15, -0.1) is 0 Å². The zero-order valence-electron chi connectivity index (χ0n) is 20.5. The van der Waals surface area contributed by atoms with Gasteiger partial charge in [-0.3, -0.25) is 4.79 Å². The number of carbonyl (C=O) groups is 1. The van der Waals surface area contributed by atoms with E-state index in [9.17, 15) is 4.79 Å². The molecule has 3 aromatic carbocycles. The maximum atomic E-state index is 12.6. The molecule has 1 saturated heterocycles. The van der Waals surface area contributed by atoms with Gasteiger partial charge in [0.1, 0.15) is 11.4 Å². The molecule has 1 atom stereocenters. The number of imidazole rings is 1. The number of fused-ring (bicyclic) bond motifs is 2. The Morgan fingerprint density at radius 2 is 1.78 bits per heavy atom. The predicted octanol–water partition coefficient (Wildman–Crippen LogP) is 6.68. The molecule has 0 bridgehead atoms. The number of likely N-dealkylation sites (tertiary alicyclic amines) is 1. The summed E-state index contributed by atoms with van der Waals surface area (Å²) in [5, 5.41) is 1.11. The number of hydrogen-bond donors (Lipinski definition) is 0. The molecule has 1 amide bonds. The van der Waals surface area contributed by atoms with Crippen molar-refractivity contribution in [3.63, 3.8) is 0 Å². The number of aryl methyl sites for hydroxylation is 1. The fourth-order valence-corrected chi connectivity index (χ4v) is 5.75. The third-order valence-electron chi connectivity index (χ3n) is 7.86. The van der Waals surface area contributed by atoms with Crippen LogP contribution < -0.4 is 0 Å². The Morgan fingerprint density at radius 3 is 2.61 bits per heavy atom. The van der Waals surface area contributed by atoms with Crippen molar-refractivity contribution in [2.75, 3.05) is 13.1 Å². The van der Waals surface area contributed by atoms with E-state index < -0.39 is 0 Å². The van der Waals surface area contributed by atoms with Crippen LogP contribution in [0.25, 0.3) is 44.5 Å².